The van der Waals surface area contributed by atoms with E-state index in [0.29, 0.717) is 18.1 Å². The Balaban J connectivity index is 2.01. The van der Waals surface area contributed by atoms with Crippen molar-refractivity contribution in [3.8, 4) is 28.7 Å². The van der Waals surface area contributed by atoms with Gasteiger partial charge in [0, 0.05) is 29.6 Å². The number of fused-ring (bicyclic) bond motifs is 3. The maximum Gasteiger partial charge on any atom is 0.440 e. The van der Waals surface area contributed by atoms with E-state index in [0.717, 1.165) is 21.8 Å². The van der Waals surface area contributed by atoms with Crippen molar-refractivity contribution in [1.29, 1.82) is 5.26 Å². The summed E-state index contributed by atoms with van der Waals surface area (Å²) < 4.78 is 5.97. The van der Waals surface area contributed by atoms with Crippen molar-refractivity contribution in [2.75, 3.05) is 0 Å². The Morgan fingerprint density at radius 1 is 1.39 bits per heavy atom. The first-order chi connectivity index (χ1) is 13.3. The van der Waals surface area contributed by atoms with Crippen molar-refractivity contribution in [1.82, 2.24) is 10.0 Å². The number of amides is 1. The van der Waals surface area contributed by atoms with E-state index in [4.69, 9.17) is 9.57 Å². The maximum absolute atomic E-state index is 11.7. The van der Waals surface area contributed by atoms with Gasteiger partial charge in [0.15, 0.2) is 5.75 Å². The van der Waals surface area contributed by atoms with Gasteiger partial charge in [-0.3, -0.25) is 4.98 Å². The van der Waals surface area contributed by atoms with Crippen LogP contribution in [0.5, 0.6) is 11.5 Å². The molecule has 0 fully saturated rings. The first-order valence-corrected chi connectivity index (χ1v) is 9.21. The fraction of sp³-hybridized carbons (Fsp3) is 0.381. The highest BCUT2D eigenvalue weighted by molar-refractivity contribution is 5.78. The SMILES string of the molecule is CC(C)C[C@H](C)N(Oc1cc2c(cc1C#N)-c1ccncc1C(C)O2)C(=O)O. The average Bonchev–Trinajstić information content (AvgIpc) is 2.65. The molecule has 3 rings (SSSR count). The van der Waals surface area contributed by atoms with Crippen LogP contribution in [0.15, 0.2) is 30.6 Å². The van der Waals surface area contributed by atoms with Crippen molar-refractivity contribution >= 4 is 6.09 Å². The number of benzene rings is 1. The fourth-order valence-corrected chi connectivity index (χ4v) is 3.46. The van der Waals surface area contributed by atoms with Gasteiger partial charge in [-0.1, -0.05) is 13.8 Å². The molecule has 1 aromatic carbocycles. The summed E-state index contributed by atoms with van der Waals surface area (Å²) >= 11 is 0. The van der Waals surface area contributed by atoms with Crippen LogP contribution >= 0.6 is 0 Å². The number of ether oxygens (including phenoxy) is 1. The minimum absolute atomic E-state index is 0.156. The molecule has 0 saturated carbocycles. The van der Waals surface area contributed by atoms with E-state index in [1.807, 2.05) is 26.8 Å². The number of nitriles is 1. The van der Waals surface area contributed by atoms with Crippen molar-refractivity contribution in [2.24, 2.45) is 5.92 Å². The van der Waals surface area contributed by atoms with Gasteiger partial charge in [0.2, 0.25) is 0 Å². The van der Waals surface area contributed by atoms with Crippen LogP contribution < -0.4 is 9.57 Å². The molecule has 1 aromatic heterocycles. The Bertz CT molecular complexity index is 936. The molecule has 7 heteroatoms. The second kappa shape index (κ2) is 7.77. The largest absolute Gasteiger partial charge is 0.485 e. The highest BCUT2D eigenvalue weighted by atomic mass is 16.7. The monoisotopic (exact) mass is 381 g/mol. The molecule has 2 atom stereocenters. The van der Waals surface area contributed by atoms with Crippen molar-refractivity contribution < 1.29 is 19.5 Å². The number of aromatic nitrogens is 1. The summed E-state index contributed by atoms with van der Waals surface area (Å²) in [5.41, 5.74) is 2.87. The van der Waals surface area contributed by atoms with E-state index in [-0.39, 0.29) is 23.5 Å². The highest BCUT2D eigenvalue weighted by Crippen LogP contribution is 2.44. The van der Waals surface area contributed by atoms with Crippen LogP contribution in [0.3, 0.4) is 0 Å². The number of rotatable bonds is 5. The van der Waals surface area contributed by atoms with Crippen LogP contribution in [0.4, 0.5) is 4.79 Å². The fourth-order valence-electron chi connectivity index (χ4n) is 3.46. The molecule has 0 spiro atoms. The summed E-state index contributed by atoms with van der Waals surface area (Å²) in [4.78, 5) is 21.5. The lowest BCUT2D eigenvalue weighted by Gasteiger charge is -2.29. The van der Waals surface area contributed by atoms with Crippen molar-refractivity contribution in [3.63, 3.8) is 0 Å². The molecule has 146 valence electrons. The molecular weight excluding hydrogens is 358 g/mol. The number of carboxylic acid groups (broad SMARTS) is 1. The molecule has 1 amide bonds. The molecule has 7 nitrogen and oxygen atoms in total. The zero-order valence-electron chi connectivity index (χ0n) is 16.3. The predicted molar refractivity (Wildman–Crippen MR) is 103 cm³/mol. The summed E-state index contributed by atoms with van der Waals surface area (Å²) in [5, 5.41) is 20.1. The molecular formula is C21H23N3O4. The standard InChI is InChI=1S/C21H23N3O4/c1-12(2)7-13(3)24(21(25)26)28-19-9-20-17(8-15(19)10-22)16-5-6-23-11-18(16)14(4)27-20/h5-6,8-9,11-14H,7H2,1-4H3,(H,25,26)/t13-,14?/m0/s1. The maximum atomic E-state index is 11.7. The van der Waals surface area contributed by atoms with Gasteiger partial charge in [-0.15, -0.1) is 5.06 Å². The minimum Gasteiger partial charge on any atom is -0.485 e. The van der Waals surface area contributed by atoms with E-state index >= 15 is 0 Å². The van der Waals surface area contributed by atoms with Crippen LogP contribution in [0.1, 0.15) is 51.3 Å². The Labute approximate surface area is 164 Å². The third-order valence-corrected chi connectivity index (χ3v) is 4.68. The number of hydrogen-bond acceptors (Lipinski definition) is 5. The second-order valence-corrected chi connectivity index (χ2v) is 7.36. The summed E-state index contributed by atoms with van der Waals surface area (Å²) in [7, 11) is 0. The Morgan fingerprint density at radius 3 is 2.79 bits per heavy atom. The van der Waals surface area contributed by atoms with E-state index in [9.17, 15) is 15.2 Å². The van der Waals surface area contributed by atoms with Crippen LogP contribution in [0.2, 0.25) is 0 Å². The molecule has 0 aliphatic carbocycles. The first kappa shape index (κ1) is 19.5. The van der Waals surface area contributed by atoms with Crippen LogP contribution in [0.25, 0.3) is 11.1 Å². The zero-order valence-corrected chi connectivity index (χ0v) is 16.3. The van der Waals surface area contributed by atoms with E-state index in [1.165, 1.54) is 0 Å². The molecule has 0 bridgehead atoms. The summed E-state index contributed by atoms with van der Waals surface area (Å²) in [6, 6.07) is 6.86. The van der Waals surface area contributed by atoms with Gasteiger partial charge in [0.05, 0.1) is 11.6 Å². The molecule has 2 heterocycles. The van der Waals surface area contributed by atoms with Gasteiger partial charge in [0.1, 0.15) is 17.9 Å². The van der Waals surface area contributed by atoms with E-state index in [1.54, 1.807) is 31.5 Å². The number of pyridine rings is 1. The van der Waals surface area contributed by atoms with Gasteiger partial charge in [-0.25, -0.2) is 4.79 Å². The molecule has 0 saturated heterocycles. The zero-order chi connectivity index (χ0) is 20.4. The predicted octanol–water partition coefficient (Wildman–Crippen LogP) is 4.78. The third kappa shape index (κ3) is 3.72. The summed E-state index contributed by atoms with van der Waals surface area (Å²) in [5.74, 6) is 1.000. The van der Waals surface area contributed by atoms with Gasteiger partial charge in [-0.05, 0) is 43.9 Å². The minimum atomic E-state index is -1.21. The highest BCUT2D eigenvalue weighted by Gasteiger charge is 2.28. The normalized spacial score (nSPS) is 15.6. The van der Waals surface area contributed by atoms with E-state index < -0.39 is 6.09 Å². The van der Waals surface area contributed by atoms with Crippen LogP contribution in [-0.2, 0) is 0 Å². The molecule has 0 radical (unpaired) electrons. The first-order valence-electron chi connectivity index (χ1n) is 9.21. The number of nitrogens with zero attached hydrogens (tertiary/aromatic N) is 3. The smallest absolute Gasteiger partial charge is 0.440 e. The van der Waals surface area contributed by atoms with Gasteiger partial charge in [0.25, 0.3) is 0 Å². The molecule has 2 aromatic rings. The Morgan fingerprint density at radius 2 is 2.14 bits per heavy atom. The van der Waals surface area contributed by atoms with E-state index in [2.05, 4.69) is 11.1 Å². The molecule has 1 aliphatic heterocycles. The van der Waals surface area contributed by atoms with Crippen molar-refractivity contribution in [2.45, 2.75) is 46.3 Å². The number of hydroxylamine groups is 2. The second-order valence-electron chi connectivity index (χ2n) is 7.36. The number of hydrogen-bond donors (Lipinski definition) is 1. The van der Waals surface area contributed by atoms with Gasteiger partial charge in [-0.2, -0.15) is 5.26 Å². The van der Waals surface area contributed by atoms with Gasteiger partial charge >= 0.3 is 6.09 Å². The Kier molecular flexibility index (Phi) is 5.41. The molecule has 28 heavy (non-hydrogen) atoms. The lowest BCUT2D eigenvalue weighted by atomic mass is 9.94. The van der Waals surface area contributed by atoms with Crippen LogP contribution in [-0.4, -0.2) is 27.3 Å². The Hall–Kier alpha value is -3.27. The molecule has 1 aliphatic rings. The van der Waals surface area contributed by atoms with Crippen LogP contribution in [0, 0.1) is 17.2 Å². The van der Waals surface area contributed by atoms with Crippen molar-refractivity contribution in [3.05, 3.63) is 41.7 Å². The van der Waals surface area contributed by atoms with Gasteiger partial charge < -0.3 is 14.7 Å². The summed E-state index contributed by atoms with van der Waals surface area (Å²) in [6.07, 6.45) is 2.65. The lowest BCUT2D eigenvalue weighted by Crippen LogP contribution is -2.41. The third-order valence-electron chi connectivity index (χ3n) is 4.68. The quantitative estimate of drug-likeness (QED) is 0.749. The molecule has 1 unspecified atom stereocenters. The topological polar surface area (TPSA) is 95.7 Å². The average molecular weight is 381 g/mol. The summed E-state index contributed by atoms with van der Waals surface area (Å²) in [6.45, 7) is 7.71. The molecule has 1 N–H and O–H groups in total. The number of carbonyl (C=O) groups is 1. The lowest BCUT2D eigenvalue weighted by molar-refractivity contribution is -0.0685.